The molecule has 2 fully saturated rings. The van der Waals surface area contributed by atoms with Gasteiger partial charge in [-0.3, -0.25) is 9.48 Å². The Kier molecular flexibility index (Phi) is 5.36. The molecule has 23 heavy (non-hydrogen) atoms. The number of likely N-dealkylation sites (tertiary alicyclic amines) is 1. The Morgan fingerprint density at radius 2 is 2.17 bits per heavy atom. The molecule has 3 heterocycles. The molecule has 128 valence electrons. The molecule has 2 aliphatic rings. The highest BCUT2D eigenvalue weighted by Crippen LogP contribution is 2.29. The topological polar surface area (TPSA) is 50.2 Å². The molecule has 0 radical (unpaired) electrons. The van der Waals surface area contributed by atoms with Crippen molar-refractivity contribution in [2.24, 2.45) is 18.9 Å². The van der Waals surface area contributed by atoms with Gasteiger partial charge in [0.1, 0.15) is 0 Å². The van der Waals surface area contributed by atoms with Crippen molar-refractivity contribution >= 4 is 5.91 Å². The summed E-state index contributed by atoms with van der Waals surface area (Å²) in [4.78, 5) is 14.7. The average Bonchev–Trinajstić information content (AvgIpc) is 3.02. The van der Waals surface area contributed by atoms with Crippen molar-refractivity contribution in [1.29, 1.82) is 0 Å². The molecule has 1 aromatic heterocycles. The lowest BCUT2D eigenvalue weighted by molar-refractivity contribution is -0.133. The normalized spacial score (nSPS) is 24.6. The Labute approximate surface area is 139 Å². The highest BCUT2D eigenvalue weighted by atomic mass is 16.2. The lowest BCUT2D eigenvalue weighted by Gasteiger charge is -2.34. The van der Waals surface area contributed by atoms with Crippen LogP contribution in [-0.2, 0) is 11.8 Å². The molecule has 0 aliphatic carbocycles. The van der Waals surface area contributed by atoms with E-state index in [4.69, 9.17) is 0 Å². The van der Waals surface area contributed by atoms with Gasteiger partial charge in [0.2, 0.25) is 5.91 Å². The van der Waals surface area contributed by atoms with Crippen LogP contribution in [0.4, 0.5) is 0 Å². The van der Waals surface area contributed by atoms with Gasteiger partial charge in [0, 0.05) is 44.4 Å². The molecule has 0 aromatic carbocycles. The van der Waals surface area contributed by atoms with E-state index in [1.54, 1.807) is 0 Å². The number of rotatable bonds is 4. The van der Waals surface area contributed by atoms with E-state index < -0.39 is 0 Å². The molecule has 3 rings (SSSR count). The Balaban J connectivity index is 1.47. The predicted octanol–water partition coefficient (Wildman–Crippen LogP) is 2.15. The lowest BCUT2D eigenvalue weighted by Crippen LogP contribution is -2.40. The van der Waals surface area contributed by atoms with E-state index >= 15 is 0 Å². The second-order valence-corrected chi connectivity index (χ2v) is 7.32. The highest BCUT2D eigenvalue weighted by molar-refractivity contribution is 5.76. The van der Waals surface area contributed by atoms with Gasteiger partial charge in [-0.25, -0.2) is 0 Å². The maximum atomic E-state index is 12.6. The predicted molar refractivity (Wildman–Crippen MR) is 91.1 cm³/mol. The molecule has 0 bridgehead atoms. The zero-order valence-corrected chi connectivity index (χ0v) is 14.5. The third-order valence-corrected chi connectivity index (χ3v) is 5.76. The van der Waals surface area contributed by atoms with E-state index in [1.807, 2.05) is 17.9 Å². The summed E-state index contributed by atoms with van der Waals surface area (Å²) in [6, 6.07) is 2.11. The molecule has 0 saturated carbocycles. The average molecular weight is 318 g/mol. The first-order chi connectivity index (χ1) is 11.1. The quantitative estimate of drug-likeness (QED) is 0.925. The Morgan fingerprint density at radius 1 is 1.39 bits per heavy atom. The number of aromatic nitrogens is 2. The van der Waals surface area contributed by atoms with Crippen molar-refractivity contribution in [3.8, 4) is 0 Å². The fourth-order valence-corrected chi connectivity index (χ4v) is 4.14. The van der Waals surface area contributed by atoms with Gasteiger partial charge in [-0.05, 0) is 56.7 Å². The van der Waals surface area contributed by atoms with E-state index in [1.165, 1.54) is 18.5 Å². The molecule has 0 spiro atoms. The molecule has 2 atom stereocenters. The molecule has 1 aromatic rings. The molecule has 5 heteroatoms. The standard InChI is InChI=1S/C18H30N4O/c1-14(16-4-3-8-19-13-16)12-18(23)22-10-6-15(7-11-22)17-5-9-20-21(17)2/h5,9,14-16,19H,3-4,6-8,10-13H2,1-2H3. The molecule has 2 saturated heterocycles. The number of piperidine rings is 2. The number of hydrogen-bond donors (Lipinski definition) is 1. The number of aryl methyl sites for hydroxylation is 1. The van der Waals surface area contributed by atoms with Crippen LogP contribution in [0, 0.1) is 11.8 Å². The fourth-order valence-electron chi connectivity index (χ4n) is 4.14. The molecule has 1 N–H and O–H groups in total. The van der Waals surface area contributed by atoms with Crippen LogP contribution in [0.15, 0.2) is 12.3 Å². The zero-order chi connectivity index (χ0) is 16.2. The van der Waals surface area contributed by atoms with Gasteiger partial charge in [0.25, 0.3) is 0 Å². The minimum absolute atomic E-state index is 0.353. The number of carbonyl (C=O) groups excluding carboxylic acids is 1. The van der Waals surface area contributed by atoms with Crippen LogP contribution in [0.1, 0.15) is 50.6 Å². The number of nitrogens with one attached hydrogen (secondary N) is 1. The second kappa shape index (κ2) is 7.47. The van der Waals surface area contributed by atoms with Crippen LogP contribution in [-0.4, -0.2) is 46.8 Å². The van der Waals surface area contributed by atoms with Crippen molar-refractivity contribution in [3.05, 3.63) is 18.0 Å². The molecular formula is C18H30N4O. The highest BCUT2D eigenvalue weighted by Gasteiger charge is 2.28. The summed E-state index contributed by atoms with van der Waals surface area (Å²) in [6.07, 6.45) is 7.22. The van der Waals surface area contributed by atoms with Crippen LogP contribution < -0.4 is 5.32 Å². The third kappa shape index (κ3) is 3.94. The van der Waals surface area contributed by atoms with Crippen molar-refractivity contribution < 1.29 is 4.79 Å². The van der Waals surface area contributed by atoms with Crippen molar-refractivity contribution in [2.75, 3.05) is 26.2 Å². The maximum absolute atomic E-state index is 12.6. The number of amides is 1. The van der Waals surface area contributed by atoms with Crippen LogP contribution >= 0.6 is 0 Å². The van der Waals surface area contributed by atoms with Crippen LogP contribution in [0.3, 0.4) is 0 Å². The molecule has 2 aliphatic heterocycles. The summed E-state index contributed by atoms with van der Waals surface area (Å²) in [5.74, 6) is 2.06. The molecule has 5 nitrogen and oxygen atoms in total. The van der Waals surface area contributed by atoms with Gasteiger partial charge in [-0.15, -0.1) is 0 Å². The van der Waals surface area contributed by atoms with Gasteiger partial charge >= 0.3 is 0 Å². The first kappa shape index (κ1) is 16.5. The lowest BCUT2D eigenvalue weighted by atomic mass is 9.85. The van der Waals surface area contributed by atoms with E-state index in [0.717, 1.165) is 39.0 Å². The maximum Gasteiger partial charge on any atom is 0.222 e. The van der Waals surface area contributed by atoms with Crippen LogP contribution in [0.5, 0.6) is 0 Å². The Hall–Kier alpha value is -1.36. The zero-order valence-electron chi connectivity index (χ0n) is 14.5. The van der Waals surface area contributed by atoms with Gasteiger partial charge in [-0.1, -0.05) is 6.92 Å². The Bertz CT molecular complexity index is 513. The number of hydrogen-bond acceptors (Lipinski definition) is 3. The van der Waals surface area contributed by atoms with Gasteiger partial charge in [-0.2, -0.15) is 5.10 Å². The number of carbonyl (C=O) groups is 1. The van der Waals surface area contributed by atoms with Gasteiger partial charge in [0.15, 0.2) is 0 Å². The first-order valence-electron chi connectivity index (χ1n) is 9.11. The summed E-state index contributed by atoms with van der Waals surface area (Å²) >= 11 is 0. The van der Waals surface area contributed by atoms with Gasteiger partial charge < -0.3 is 10.2 Å². The minimum atomic E-state index is 0.353. The largest absolute Gasteiger partial charge is 0.343 e. The van der Waals surface area contributed by atoms with Crippen molar-refractivity contribution in [3.63, 3.8) is 0 Å². The van der Waals surface area contributed by atoms with Crippen LogP contribution in [0.2, 0.25) is 0 Å². The Morgan fingerprint density at radius 3 is 2.78 bits per heavy atom. The summed E-state index contributed by atoms with van der Waals surface area (Å²) in [6.45, 7) is 6.25. The first-order valence-corrected chi connectivity index (χ1v) is 9.11. The van der Waals surface area contributed by atoms with Crippen molar-refractivity contribution in [2.45, 2.75) is 44.9 Å². The summed E-state index contributed by atoms with van der Waals surface area (Å²) < 4.78 is 1.97. The van der Waals surface area contributed by atoms with E-state index in [0.29, 0.717) is 30.1 Å². The SMILES string of the molecule is CC(CC(=O)N1CCC(c2ccnn2C)CC1)C1CCCNC1. The smallest absolute Gasteiger partial charge is 0.222 e. The summed E-state index contributed by atoms with van der Waals surface area (Å²) in [7, 11) is 2.01. The monoisotopic (exact) mass is 318 g/mol. The molecular weight excluding hydrogens is 288 g/mol. The van der Waals surface area contributed by atoms with Crippen molar-refractivity contribution in [1.82, 2.24) is 20.0 Å². The number of nitrogens with zero attached hydrogens (tertiary/aromatic N) is 3. The third-order valence-electron chi connectivity index (χ3n) is 5.76. The summed E-state index contributed by atoms with van der Waals surface area (Å²) in [5.41, 5.74) is 1.30. The van der Waals surface area contributed by atoms with E-state index in [9.17, 15) is 4.79 Å². The fraction of sp³-hybridized carbons (Fsp3) is 0.778. The minimum Gasteiger partial charge on any atom is -0.343 e. The molecule has 1 amide bonds. The van der Waals surface area contributed by atoms with E-state index in [-0.39, 0.29) is 0 Å². The van der Waals surface area contributed by atoms with Crippen LogP contribution in [0.25, 0.3) is 0 Å². The second-order valence-electron chi connectivity index (χ2n) is 7.32. The van der Waals surface area contributed by atoms with Gasteiger partial charge in [0.05, 0.1) is 0 Å². The summed E-state index contributed by atoms with van der Waals surface area (Å²) in [5, 5.41) is 7.73. The molecule has 2 unspecified atom stereocenters. The van der Waals surface area contributed by atoms with E-state index in [2.05, 4.69) is 28.3 Å².